The fourth-order valence-corrected chi connectivity index (χ4v) is 3.04. The van der Waals surface area contributed by atoms with E-state index in [0.717, 1.165) is 17.6 Å². The molecular weight excluding hydrogens is 236 g/mol. The van der Waals surface area contributed by atoms with Gasteiger partial charge < -0.3 is 10.6 Å². The topological polar surface area (TPSA) is 24.1 Å². The highest BCUT2D eigenvalue weighted by Crippen LogP contribution is 2.24. The molecule has 0 aliphatic heterocycles. The zero-order chi connectivity index (χ0) is 11.4. The third kappa shape index (κ3) is 3.46. The Hall–Kier alpha value is -0.610. The molecule has 1 fully saturated rings. The first-order valence-corrected chi connectivity index (χ1v) is 7.09. The van der Waals surface area contributed by atoms with Crippen LogP contribution in [0.3, 0.4) is 0 Å². The van der Waals surface area contributed by atoms with Crippen LogP contribution >= 0.6 is 23.6 Å². The highest BCUT2D eigenvalue weighted by atomic mass is 32.1. The maximum Gasteiger partial charge on any atom is 0.166 e. The van der Waals surface area contributed by atoms with Gasteiger partial charge in [-0.15, -0.1) is 11.3 Å². The molecule has 1 heterocycles. The molecule has 88 valence electrons. The summed E-state index contributed by atoms with van der Waals surface area (Å²) in [4.78, 5) is 1.32. The zero-order valence-corrected chi connectivity index (χ0v) is 11.2. The molecule has 2 unspecified atom stereocenters. The number of thiophene rings is 1. The Morgan fingerprint density at radius 3 is 3.06 bits per heavy atom. The van der Waals surface area contributed by atoms with Crippen LogP contribution in [-0.2, 0) is 6.54 Å². The Bertz CT molecular complexity index is 335. The van der Waals surface area contributed by atoms with Crippen molar-refractivity contribution in [1.82, 2.24) is 10.6 Å². The smallest absolute Gasteiger partial charge is 0.166 e. The van der Waals surface area contributed by atoms with E-state index < -0.39 is 0 Å². The number of hydrogen-bond acceptors (Lipinski definition) is 2. The molecule has 0 saturated heterocycles. The number of nitrogens with one attached hydrogen (secondary N) is 2. The molecule has 16 heavy (non-hydrogen) atoms. The Labute approximate surface area is 106 Å². The lowest BCUT2D eigenvalue weighted by Crippen LogP contribution is -2.40. The van der Waals surface area contributed by atoms with E-state index in [4.69, 9.17) is 12.2 Å². The summed E-state index contributed by atoms with van der Waals surface area (Å²) in [6, 6.07) is 4.77. The van der Waals surface area contributed by atoms with Crippen LogP contribution in [0.2, 0.25) is 0 Å². The summed E-state index contributed by atoms with van der Waals surface area (Å²) in [6.07, 6.45) is 3.83. The van der Waals surface area contributed by atoms with Gasteiger partial charge in [0.1, 0.15) is 0 Å². The molecule has 1 aliphatic carbocycles. The molecule has 2 N–H and O–H groups in total. The third-order valence-corrected chi connectivity index (χ3v) is 4.17. The Balaban J connectivity index is 1.68. The van der Waals surface area contributed by atoms with Crippen molar-refractivity contribution in [3.63, 3.8) is 0 Å². The first-order valence-electron chi connectivity index (χ1n) is 5.81. The molecule has 0 amide bonds. The average molecular weight is 254 g/mol. The monoisotopic (exact) mass is 254 g/mol. The molecular formula is C12H18N2S2. The van der Waals surface area contributed by atoms with Crippen LogP contribution in [0.25, 0.3) is 0 Å². The molecule has 1 saturated carbocycles. The lowest BCUT2D eigenvalue weighted by Gasteiger charge is -2.15. The van der Waals surface area contributed by atoms with Crippen molar-refractivity contribution in [3.8, 4) is 0 Å². The number of thiocarbonyl (C=S) groups is 1. The van der Waals surface area contributed by atoms with E-state index in [0.29, 0.717) is 6.04 Å². The fraction of sp³-hybridized carbons (Fsp3) is 0.583. The zero-order valence-electron chi connectivity index (χ0n) is 9.53. The van der Waals surface area contributed by atoms with Crippen molar-refractivity contribution in [3.05, 3.63) is 22.4 Å². The van der Waals surface area contributed by atoms with Crippen molar-refractivity contribution in [1.29, 1.82) is 0 Å². The number of rotatable bonds is 3. The molecule has 1 aromatic heterocycles. The van der Waals surface area contributed by atoms with Gasteiger partial charge in [-0.3, -0.25) is 0 Å². The largest absolute Gasteiger partial charge is 0.360 e. The van der Waals surface area contributed by atoms with Gasteiger partial charge in [0, 0.05) is 10.9 Å². The van der Waals surface area contributed by atoms with E-state index in [1.165, 1.54) is 24.1 Å². The van der Waals surface area contributed by atoms with Crippen LogP contribution in [0.4, 0.5) is 0 Å². The second-order valence-corrected chi connectivity index (χ2v) is 5.96. The Morgan fingerprint density at radius 1 is 1.56 bits per heavy atom. The van der Waals surface area contributed by atoms with Crippen LogP contribution in [-0.4, -0.2) is 11.2 Å². The van der Waals surface area contributed by atoms with Gasteiger partial charge in [-0.05, 0) is 48.8 Å². The molecule has 1 aromatic rings. The standard InChI is InChI=1S/C12H18N2S2/c1-9-4-5-10(7-9)14-12(15)13-8-11-3-2-6-16-11/h2-3,6,9-10H,4-5,7-8H2,1H3,(H2,13,14,15). The molecule has 2 nitrogen and oxygen atoms in total. The summed E-state index contributed by atoms with van der Waals surface area (Å²) in [6.45, 7) is 3.15. The van der Waals surface area contributed by atoms with Crippen molar-refractivity contribution < 1.29 is 0 Å². The predicted molar refractivity (Wildman–Crippen MR) is 73.7 cm³/mol. The highest BCUT2D eigenvalue weighted by molar-refractivity contribution is 7.80. The molecule has 1 aliphatic rings. The summed E-state index contributed by atoms with van der Waals surface area (Å²) in [5.74, 6) is 0.845. The van der Waals surface area contributed by atoms with Crippen LogP contribution in [0.5, 0.6) is 0 Å². The van der Waals surface area contributed by atoms with E-state index in [1.807, 2.05) is 0 Å². The van der Waals surface area contributed by atoms with Gasteiger partial charge in [-0.2, -0.15) is 0 Å². The minimum absolute atomic E-state index is 0.582. The fourth-order valence-electron chi connectivity index (χ4n) is 2.16. The Kier molecular flexibility index (Phi) is 4.18. The van der Waals surface area contributed by atoms with Crippen molar-refractivity contribution >= 4 is 28.7 Å². The van der Waals surface area contributed by atoms with E-state index in [9.17, 15) is 0 Å². The van der Waals surface area contributed by atoms with Crippen LogP contribution < -0.4 is 10.6 Å². The van der Waals surface area contributed by atoms with Gasteiger partial charge >= 0.3 is 0 Å². The van der Waals surface area contributed by atoms with Crippen molar-refractivity contribution in [2.24, 2.45) is 5.92 Å². The maximum absolute atomic E-state index is 5.28. The van der Waals surface area contributed by atoms with E-state index in [-0.39, 0.29) is 0 Å². The van der Waals surface area contributed by atoms with E-state index in [1.54, 1.807) is 11.3 Å². The molecule has 0 bridgehead atoms. The molecule has 2 rings (SSSR count). The van der Waals surface area contributed by atoms with E-state index >= 15 is 0 Å². The SMILES string of the molecule is CC1CCC(NC(=S)NCc2cccs2)C1. The second kappa shape index (κ2) is 5.64. The molecule has 0 radical (unpaired) electrons. The van der Waals surface area contributed by atoms with Gasteiger partial charge in [0.2, 0.25) is 0 Å². The summed E-state index contributed by atoms with van der Waals surface area (Å²) >= 11 is 7.04. The normalized spacial score (nSPS) is 24.3. The summed E-state index contributed by atoms with van der Waals surface area (Å²) < 4.78 is 0. The second-order valence-electron chi connectivity index (χ2n) is 4.52. The van der Waals surface area contributed by atoms with Gasteiger partial charge in [0.15, 0.2) is 5.11 Å². The summed E-state index contributed by atoms with van der Waals surface area (Å²) in [7, 11) is 0. The molecule has 4 heteroatoms. The number of hydrogen-bond donors (Lipinski definition) is 2. The van der Waals surface area contributed by atoms with Crippen molar-refractivity contribution in [2.45, 2.75) is 38.8 Å². The summed E-state index contributed by atoms with van der Waals surface area (Å²) in [5, 5.41) is 9.54. The lowest BCUT2D eigenvalue weighted by atomic mass is 10.1. The lowest BCUT2D eigenvalue weighted by molar-refractivity contribution is 0.567. The minimum atomic E-state index is 0.582. The first-order chi connectivity index (χ1) is 7.74. The summed E-state index contributed by atoms with van der Waals surface area (Å²) in [5.41, 5.74) is 0. The first kappa shape index (κ1) is 11.9. The van der Waals surface area contributed by atoms with E-state index in [2.05, 4.69) is 35.1 Å². The Morgan fingerprint density at radius 2 is 2.44 bits per heavy atom. The molecule has 0 aromatic carbocycles. The third-order valence-electron chi connectivity index (χ3n) is 3.03. The minimum Gasteiger partial charge on any atom is -0.360 e. The van der Waals surface area contributed by atoms with Gasteiger partial charge in [0.05, 0.1) is 6.54 Å². The predicted octanol–water partition coefficient (Wildman–Crippen LogP) is 2.90. The van der Waals surface area contributed by atoms with Crippen molar-refractivity contribution in [2.75, 3.05) is 0 Å². The molecule has 0 spiro atoms. The van der Waals surface area contributed by atoms with Gasteiger partial charge in [-0.1, -0.05) is 13.0 Å². The van der Waals surface area contributed by atoms with Crippen LogP contribution in [0, 0.1) is 5.92 Å². The van der Waals surface area contributed by atoms with Gasteiger partial charge in [-0.25, -0.2) is 0 Å². The molecule has 2 atom stereocenters. The average Bonchev–Trinajstić information content (AvgIpc) is 2.87. The quantitative estimate of drug-likeness (QED) is 0.811. The highest BCUT2D eigenvalue weighted by Gasteiger charge is 2.21. The van der Waals surface area contributed by atoms with Crippen LogP contribution in [0.15, 0.2) is 17.5 Å². The maximum atomic E-state index is 5.28. The van der Waals surface area contributed by atoms with Crippen LogP contribution in [0.1, 0.15) is 31.1 Å². The van der Waals surface area contributed by atoms with Gasteiger partial charge in [0.25, 0.3) is 0 Å².